The first-order chi connectivity index (χ1) is 25.2. The Balaban J connectivity index is 1.13. The lowest BCUT2D eigenvalue weighted by atomic mass is 10.0. The summed E-state index contributed by atoms with van der Waals surface area (Å²) >= 11 is 0. The van der Waals surface area contributed by atoms with Crippen LogP contribution >= 0.6 is 0 Å². The van der Waals surface area contributed by atoms with Gasteiger partial charge in [-0.15, -0.1) is 0 Å². The zero-order valence-corrected chi connectivity index (χ0v) is 33.6. The lowest BCUT2D eigenvalue weighted by molar-refractivity contribution is 0.125. The molecule has 51 heavy (non-hydrogen) atoms. The maximum Gasteiger partial charge on any atom is 0.0466 e. The molecule has 2 aromatic carbocycles. The third kappa shape index (κ3) is 30.2. The summed E-state index contributed by atoms with van der Waals surface area (Å²) in [5.74, 6) is 0. The van der Waals surface area contributed by atoms with E-state index >= 15 is 0 Å². The van der Waals surface area contributed by atoms with Gasteiger partial charge < -0.3 is 16.2 Å². The molecule has 0 saturated carbocycles. The Labute approximate surface area is 317 Å². The molecule has 0 heterocycles. The Kier molecular flexibility index (Phi) is 31.0. The van der Waals surface area contributed by atoms with Crippen LogP contribution in [0.25, 0.3) is 0 Å². The van der Waals surface area contributed by atoms with Crippen LogP contribution in [0.4, 0.5) is 11.4 Å². The van der Waals surface area contributed by atoms with E-state index in [4.69, 9.17) is 16.2 Å². The zero-order chi connectivity index (χ0) is 36.1. The number of ether oxygens (including phenoxy) is 1. The fourth-order valence-corrected chi connectivity index (χ4v) is 7.49. The maximum absolute atomic E-state index is 5.92. The standard InChI is InChI=1S/C48H84N2O/c49-47-39-35-45(36-40-47)33-29-25-21-17-13-9-5-1-3-7-11-15-19-23-27-31-43-51-44-32-28-24-20-16-12-8-4-2-6-10-14-18-22-26-30-34-46-37-41-48(50)42-38-46/h35-42H,1-34,43-44,49-50H2. The third-order valence-electron chi connectivity index (χ3n) is 11.0. The van der Waals surface area contributed by atoms with E-state index in [1.54, 1.807) is 0 Å². The molecule has 2 aromatic rings. The van der Waals surface area contributed by atoms with E-state index < -0.39 is 0 Å². The highest BCUT2D eigenvalue weighted by Gasteiger charge is 1.99. The van der Waals surface area contributed by atoms with Crippen LogP contribution in [0, 0.1) is 0 Å². The van der Waals surface area contributed by atoms with Crippen LogP contribution in [0.1, 0.15) is 217 Å². The van der Waals surface area contributed by atoms with Gasteiger partial charge in [0, 0.05) is 24.6 Å². The zero-order valence-electron chi connectivity index (χ0n) is 33.6. The van der Waals surface area contributed by atoms with Crippen LogP contribution in [-0.2, 0) is 17.6 Å². The van der Waals surface area contributed by atoms with E-state index in [1.807, 2.05) is 24.3 Å². The highest BCUT2D eigenvalue weighted by atomic mass is 16.5. The van der Waals surface area contributed by atoms with Crippen LogP contribution in [0.5, 0.6) is 0 Å². The number of nitrogens with two attached hydrogens (primary N) is 2. The van der Waals surface area contributed by atoms with E-state index in [9.17, 15) is 0 Å². The van der Waals surface area contributed by atoms with Gasteiger partial charge in [-0.2, -0.15) is 0 Å². The van der Waals surface area contributed by atoms with Gasteiger partial charge in [0.2, 0.25) is 0 Å². The van der Waals surface area contributed by atoms with Crippen molar-refractivity contribution < 1.29 is 4.74 Å². The molecule has 0 unspecified atom stereocenters. The summed E-state index contributed by atoms with van der Waals surface area (Å²) in [5.41, 5.74) is 16.1. The number of nitrogen functional groups attached to an aromatic ring is 2. The van der Waals surface area contributed by atoms with Crippen molar-refractivity contribution in [3.63, 3.8) is 0 Å². The number of hydrogen-bond donors (Lipinski definition) is 2. The summed E-state index contributed by atoms with van der Waals surface area (Å²) in [6.45, 7) is 1.96. The second-order valence-electron chi connectivity index (χ2n) is 15.9. The van der Waals surface area contributed by atoms with Gasteiger partial charge in [0.05, 0.1) is 0 Å². The van der Waals surface area contributed by atoms with E-state index in [0.29, 0.717) is 0 Å². The molecule has 0 atom stereocenters. The van der Waals surface area contributed by atoms with Gasteiger partial charge in [-0.1, -0.05) is 204 Å². The number of aryl methyl sites for hydroxylation is 2. The molecule has 3 heteroatoms. The molecule has 0 aromatic heterocycles. The van der Waals surface area contributed by atoms with Crippen LogP contribution in [0.3, 0.4) is 0 Å². The highest BCUT2D eigenvalue weighted by Crippen LogP contribution is 2.17. The molecule has 0 spiro atoms. The Hall–Kier alpha value is -2.00. The molecule has 0 aliphatic carbocycles. The summed E-state index contributed by atoms with van der Waals surface area (Å²) in [6.07, 6.45) is 47.4. The van der Waals surface area contributed by atoms with Crippen molar-refractivity contribution in [3.05, 3.63) is 59.7 Å². The van der Waals surface area contributed by atoms with E-state index in [-0.39, 0.29) is 0 Å². The van der Waals surface area contributed by atoms with E-state index in [1.165, 1.54) is 229 Å². The van der Waals surface area contributed by atoms with Crippen molar-refractivity contribution >= 4 is 11.4 Å². The number of benzene rings is 2. The van der Waals surface area contributed by atoms with Crippen molar-refractivity contribution in [3.8, 4) is 0 Å². The van der Waals surface area contributed by atoms with Gasteiger partial charge >= 0.3 is 0 Å². The number of anilines is 2. The minimum Gasteiger partial charge on any atom is -0.399 e. The second-order valence-corrected chi connectivity index (χ2v) is 15.9. The molecule has 0 radical (unpaired) electrons. The van der Waals surface area contributed by atoms with Gasteiger partial charge in [0.25, 0.3) is 0 Å². The normalized spacial score (nSPS) is 11.5. The molecule has 4 N–H and O–H groups in total. The first-order valence-electron chi connectivity index (χ1n) is 22.5. The fourth-order valence-electron chi connectivity index (χ4n) is 7.49. The topological polar surface area (TPSA) is 61.3 Å². The third-order valence-corrected chi connectivity index (χ3v) is 11.0. The summed E-state index contributed by atoms with van der Waals surface area (Å²) < 4.78 is 5.92. The molecular weight excluding hydrogens is 621 g/mol. The minimum atomic E-state index is 0.870. The first-order valence-corrected chi connectivity index (χ1v) is 22.5. The lowest BCUT2D eigenvalue weighted by Crippen LogP contribution is -1.97. The number of rotatable bonds is 38. The average molecular weight is 705 g/mol. The molecule has 292 valence electrons. The molecule has 0 fully saturated rings. The Morgan fingerprint density at radius 3 is 0.686 bits per heavy atom. The largest absolute Gasteiger partial charge is 0.399 e. The quantitative estimate of drug-likeness (QED) is 0.0540. The van der Waals surface area contributed by atoms with Gasteiger partial charge in [0.1, 0.15) is 0 Å². The molecule has 0 amide bonds. The molecule has 0 bridgehead atoms. The van der Waals surface area contributed by atoms with Crippen LogP contribution in [-0.4, -0.2) is 13.2 Å². The van der Waals surface area contributed by atoms with Gasteiger partial charge in [-0.3, -0.25) is 0 Å². The van der Waals surface area contributed by atoms with Crippen molar-refractivity contribution in [2.45, 2.75) is 218 Å². The van der Waals surface area contributed by atoms with Crippen molar-refractivity contribution in [1.82, 2.24) is 0 Å². The van der Waals surface area contributed by atoms with Crippen molar-refractivity contribution in [2.24, 2.45) is 0 Å². The van der Waals surface area contributed by atoms with Gasteiger partial charge in [0.15, 0.2) is 0 Å². The Morgan fingerprint density at radius 2 is 0.451 bits per heavy atom. The molecule has 3 nitrogen and oxygen atoms in total. The second kappa shape index (κ2) is 35.1. The maximum atomic E-state index is 5.92. The fraction of sp³-hybridized carbons (Fsp3) is 0.750. The predicted octanol–water partition coefficient (Wildman–Crippen LogP) is 15.1. The predicted molar refractivity (Wildman–Crippen MR) is 228 cm³/mol. The number of unbranched alkanes of at least 4 members (excludes halogenated alkanes) is 30. The van der Waals surface area contributed by atoms with E-state index in [0.717, 1.165) is 24.6 Å². The highest BCUT2D eigenvalue weighted by molar-refractivity contribution is 5.39. The van der Waals surface area contributed by atoms with Crippen LogP contribution in [0.2, 0.25) is 0 Å². The van der Waals surface area contributed by atoms with Crippen molar-refractivity contribution in [1.29, 1.82) is 0 Å². The van der Waals surface area contributed by atoms with E-state index in [2.05, 4.69) is 24.3 Å². The summed E-state index contributed by atoms with van der Waals surface area (Å²) in [4.78, 5) is 0. The first kappa shape index (κ1) is 45.2. The van der Waals surface area contributed by atoms with Crippen LogP contribution in [0.15, 0.2) is 48.5 Å². The molecule has 0 aliphatic rings. The molecule has 0 saturated heterocycles. The summed E-state index contributed by atoms with van der Waals surface area (Å²) in [5, 5.41) is 0. The SMILES string of the molecule is Nc1ccc(CCCCCCCCCCCCCCCCCCOCCCCCCCCCCCCCCCCCCc2ccc(N)cc2)cc1. The average Bonchev–Trinajstić information content (AvgIpc) is 3.14. The van der Waals surface area contributed by atoms with Crippen LogP contribution < -0.4 is 11.5 Å². The Bertz CT molecular complexity index is 892. The van der Waals surface area contributed by atoms with Crippen molar-refractivity contribution in [2.75, 3.05) is 24.7 Å². The number of hydrogen-bond acceptors (Lipinski definition) is 3. The Morgan fingerprint density at radius 1 is 0.255 bits per heavy atom. The molecule has 2 rings (SSSR count). The molecular formula is C48H84N2O. The lowest BCUT2D eigenvalue weighted by Gasteiger charge is -2.06. The summed E-state index contributed by atoms with van der Waals surface area (Å²) in [6, 6.07) is 16.8. The van der Waals surface area contributed by atoms with Gasteiger partial charge in [-0.25, -0.2) is 0 Å². The summed E-state index contributed by atoms with van der Waals surface area (Å²) in [7, 11) is 0. The van der Waals surface area contributed by atoms with Gasteiger partial charge in [-0.05, 0) is 73.9 Å². The molecule has 0 aliphatic heterocycles. The monoisotopic (exact) mass is 705 g/mol. The smallest absolute Gasteiger partial charge is 0.0466 e. The minimum absolute atomic E-state index is 0.870.